The van der Waals surface area contributed by atoms with Crippen molar-refractivity contribution in [3.63, 3.8) is 0 Å². The zero-order valence-corrected chi connectivity index (χ0v) is 11.3. The van der Waals surface area contributed by atoms with Crippen LogP contribution in [0.1, 0.15) is 53.4 Å². The van der Waals surface area contributed by atoms with Crippen LogP contribution in [0.4, 0.5) is 4.79 Å². The lowest BCUT2D eigenvalue weighted by Gasteiger charge is -2.08. The summed E-state index contributed by atoms with van der Waals surface area (Å²) in [5.41, 5.74) is 0.524. The van der Waals surface area contributed by atoms with E-state index in [1.807, 2.05) is 0 Å². The molecule has 0 spiro atoms. The molecule has 1 N–H and O–H groups in total. The van der Waals surface area contributed by atoms with E-state index >= 15 is 0 Å². The predicted octanol–water partition coefficient (Wildman–Crippen LogP) is 3.18. The van der Waals surface area contributed by atoms with E-state index in [-0.39, 0.29) is 0 Å². The Morgan fingerprint density at radius 2 is 1.64 bits per heavy atom. The average molecular weight is 220 g/mol. The van der Waals surface area contributed by atoms with Gasteiger partial charge in [0.05, 0.1) is 0 Å². The maximum atomic E-state index is 9.95. The van der Waals surface area contributed by atoms with Gasteiger partial charge in [-0.25, -0.2) is 4.79 Å². The molecule has 4 heteroatoms. The van der Waals surface area contributed by atoms with Crippen molar-refractivity contribution < 1.29 is 14.3 Å². The molecule has 0 aliphatic heterocycles. The normalized spacial score (nSPS) is 10.1. The first-order valence-electron chi connectivity index (χ1n) is 5.47. The van der Waals surface area contributed by atoms with Gasteiger partial charge in [0, 0.05) is 0 Å². The number of unbranched alkanes of at least 4 members (excludes halogenated alkanes) is 1. The molecule has 0 saturated carbocycles. The van der Waals surface area contributed by atoms with Gasteiger partial charge in [-0.15, -0.1) is 0 Å². The molecule has 3 nitrogen and oxygen atoms in total. The highest BCUT2D eigenvalue weighted by Gasteiger charge is 2.07. The molecule has 0 radical (unpaired) electrons. The largest absolute Gasteiger partial charge is 0.495 e. The topological polar surface area (TPSA) is 46.5 Å². The number of rotatable bonds is 5. The lowest BCUT2D eigenvalue weighted by molar-refractivity contribution is 0.145. The highest BCUT2D eigenvalue weighted by atomic mass is 28.2. The first-order chi connectivity index (χ1) is 6.62. The van der Waals surface area contributed by atoms with E-state index in [1.165, 1.54) is 12.8 Å². The smallest absolute Gasteiger partial charge is 0.491 e. The van der Waals surface area contributed by atoms with Crippen molar-refractivity contribution in [1.29, 1.82) is 0 Å². The predicted molar refractivity (Wildman–Crippen MR) is 62.6 cm³/mol. The van der Waals surface area contributed by atoms with E-state index in [9.17, 15) is 4.79 Å². The fraction of sp³-hybridized carbons (Fsp3) is 0.900. The van der Waals surface area contributed by atoms with Gasteiger partial charge in [0.1, 0.15) is 0 Å². The van der Waals surface area contributed by atoms with Crippen LogP contribution in [0, 0.1) is 0 Å². The standard InChI is InChI=1S/C6H14O3Si.C4H10/c1-3-5(4-2)10-9-6(7)8;1-3-4-2/h5H,3-4,10H2,1-2H3,(H,7,8);3-4H2,1-2H3. The van der Waals surface area contributed by atoms with Gasteiger partial charge in [0.25, 0.3) is 0 Å². The number of hydrogen-bond acceptors (Lipinski definition) is 2. The summed E-state index contributed by atoms with van der Waals surface area (Å²) < 4.78 is 4.54. The van der Waals surface area contributed by atoms with Gasteiger partial charge in [-0.05, 0) is 5.54 Å². The van der Waals surface area contributed by atoms with Crippen LogP contribution in [0.5, 0.6) is 0 Å². The molecule has 0 bridgehead atoms. The van der Waals surface area contributed by atoms with Crippen LogP contribution in [0.2, 0.25) is 5.54 Å². The van der Waals surface area contributed by atoms with Crippen LogP contribution >= 0.6 is 0 Å². The summed E-state index contributed by atoms with van der Waals surface area (Å²) in [6.45, 7) is 8.48. The summed E-state index contributed by atoms with van der Waals surface area (Å²) in [5, 5.41) is 8.17. The molecule has 0 fully saturated rings. The lowest BCUT2D eigenvalue weighted by atomic mass is 10.3. The van der Waals surface area contributed by atoms with Gasteiger partial charge in [-0.2, -0.15) is 0 Å². The van der Waals surface area contributed by atoms with E-state index in [4.69, 9.17) is 5.11 Å². The van der Waals surface area contributed by atoms with E-state index in [0.717, 1.165) is 12.8 Å². The van der Waals surface area contributed by atoms with Crippen LogP contribution < -0.4 is 0 Å². The van der Waals surface area contributed by atoms with E-state index in [2.05, 4.69) is 32.1 Å². The van der Waals surface area contributed by atoms with Crippen molar-refractivity contribution in [1.82, 2.24) is 0 Å². The molecule has 0 aromatic heterocycles. The zero-order valence-electron chi connectivity index (χ0n) is 9.88. The summed E-state index contributed by atoms with van der Waals surface area (Å²) in [6.07, 6.45) is 3.60. The Labute approximate surface area is 89.8 Å². The average Bonchev–Trinajstić information content (AvgIpc) is 2.19. The maximum absolute atomic E-state index is 9.95. The Balaban J connectivity index is 0. The van der Waals surface area contributed by atoms with E-state index in [1.54, 1.807) is 0 Å². The minimum Gasteiger partial charge on any atom is -0.495 e. The Hall–Kier alpha value is -0.513. The summed E-state index contributed by atoms with van der Waals surface area (Å²) in [7, 11) is -0.822. The molecule has 0 heterocycles. The van der Waals surface area contributed by atoms with E-state index < -0.39 is 15.9 Å². The molecule has 0 amide bonds. The molecule has 86 valence electrons. The molecule has 14 heavy (non-hydrogen) atoms. The highest BCUT2D eigenvalue weighted by molar-refractivity contribution is 6.32. The second-order valence-electron chi connectivity index (χ2n) is 3.26. The second kappa shape index (κ2) is 12.5. The van der Waals surface area contributed by atoms with Crippen molar-refractivity contribution in [3.8, 4) is 0 Å². The monoisotopic (exact) mass is 220 g/mol. The lowest BCUT2D eigenvalue weighted by Crippen LogP contribution is -2.10. The fourth-order valence-electron chi connectivity index (χ4n) is 0.714. The van der Waals surface area contributed by atoms with Crippen molar-refractivity contribution in [2.24, 2.45) is 0 Å². The molecule has 0 rings (SSSR count). The Bertz CT molecular complexity index is 123. The van der Waals surface area contributed by atoms with Gasteiger partial charge in [0.15, 0.2) is 0 Å². The summed E-state index contributed by atoms with van der Waals surface area (Å²) >= 11 is 0. The molecule has 0 aliphatic rings. The van der Waals surface area contributed by atoms with Crippen molar-refractivity contribution in [3.05, 3.63) is 0 Å². The van der Waals surface area contributed by atoms with Gasteiger partial charge in [-0.1, -0.05) is 53.4 Å². The molecule has 0 atom stereocenters. The maximum Gasteiger partial charge on any atom is 0.491 e. The number of carbonyl (C=O) groups is 1. The van der Waals surface area contributed by atoms with Crippen molar-refractivity contribution in [2.45, 2.75) is 58.9 Å². The third-order valence-corrected chi connectivity index (χ3v) is 4.14. The summed E-state index contributed by atoms with van der Waals surface area (Å²) in [5.74, 6) is 0. The van der Waals surface area contributed by atoms with Crippen LogP contribution in [-0.4, -0.2) is 21.0 Å². The summed E-state index contributed by atoms with van der Waals surface area (Å²) in [4.78, 5) is 9.95. The van der Waals surface area contributed by atoms with Gasteiger partial charge < -0.3 is 9.53 Å². The fourth-order valence-corrected chi connectivity index (χ4v) is 1.56. The molecule has 0 unspecified atom stereocenters. The Morgan fingerprint density at radius 1 is 1.21 bits per heavy atom. The summed E-state index contributed by atoms with van der Waals surface area (Å²) in [6, 6.07) is 0. The van der Waals surface area contributed by atoms with Crippen LogP contribution in [0.25, 0.3) is 0 Å². The molecular weight excluding hydrogens is 196 g/mol. The SMILES string of the molecule is CCC(CC)[SiH2]OC(=O)O.CCCC. The Morgan fingerprint density at radius 3 is 1.86 bits per heavy atom. The highest BCUT2D eigenvalue weighted by Crippen LogP contribution is 2.12. The minimum absolute atomic E-state index is 0.524. The van der Waals surface area contributed by atoms with Crippen LogP contribution in [0.15, 0.2) is 0 Å². The molecule has 0 aliphatic carbocycles. The number of carboxylic acid groups (broad SMARTS) is 1. The first kappa shape index (κ1) is 15.9. The molecule has 0 saturated heterocycles. The third kappa shape index (κ3) is 14.0. The van der Waals surface area contributed by atoms with Crippen molar-refractivity contribution in [2.75, 3.05) is 0 Å². The van der Waals surface area contributed by atoms with Gasteiger partial charge in [-0.3, -0.25) is 0 Å². The minimum atomic E-state index is -1.11. The van der Waals surface area contributed by atoms with Crippen molar-refractivity contribution >= 4 is 15.9 Å². The molecule has 0 aromatic carbocycles. The van der Waals surface area contributed by atoms with Gasteiger partial charge in [0.2, 0.25) is 9.76 Å². The molecular formula is C10H24O3Si. The third-order valence-electron chi connectivity index (χ3n) is 2.10. The van der Waals surface area contributed by atoms with Gasteiger partial charge >= 0.3 is 6.16 Å². The number of hydrogen-bond donors (Lipinski definition) is 1. The van der Waals surface area contributed by atoms with Crippen LogP contribution in [0.3, 0.4) is 0 Å². The van der Waals surface area contributed by atoms with Crippen LogP contribution in [-0.2, 0) is 4.43 Å². The Kier molecular flexibility index (Phi) is 14.2. The second-order valence-corrected chi connectivity index (χ2v) is 5.04. The first-order valence-corrected chi connectivity index (χ1v) is 6.87. The molecule has 0 aromatic rings. The zero-order chi connectivity index (χ0) is 11.4. The quantitative estimate of drug-likeness (QED) is 0.724. The van der Waals surface area contributed by atoms with E-state index in [0.29, 0.717) is 5.54 Å².